The summed E-state index contributed by atoms with van der Waals surface area (Å²) in [5.74, 6) is 2.48. The van der Waals surface area contributed by atoms with Crippen LogP contribution in [0.4, 0.5) is 0 Å². The lowest BCUT2D eigenvalue weighted by atomic mass is 10.2. The molecule has 1 amide bonds. The number of fused-ring (bicyclic) bond motifs is 1. The van der Waals surface area contributed by atoms with Gasteiger partial charge in [0.2, 0.25) is 0 Å². The van der Waals surface area contributed by atoms with E-state index in [1.807, 2.05) is 35.0 Å². The summed E-state index contributed by atoms with van der Waals surface area (Å²) in [5, 5.41) is 9.91. The molecule has 1 aliphatic heterocycles. The maximum Gasteiger partial charge on any atom is 0.271 e. The third-order valence-corrected chi connectivity index (χ3v) is 4.53. The Morgan fingerprint density at radius 2 is 2.18 bits per heavy atom. The maximum atomic E-state index is 12.4. The number of para-hydroxylation sites is 2. The molecule has 8 nitrogen and oxygen atoms in total. The zero-order valence-corrected chi connectivity index (χ0v) is 15.9. The first-order valence-corrected chi connectivity index (χ1v) is 9.32. The van der Waals surface area contributed by atoms with E-state index in [1.54, 1.807) is 12.3 Å². The molecule has 0 bridgehead atoms. The smallest absolute Gasteiger partial charge is 0.271 e. The number of nitrogens with one attached hydrogen (secondary N) is 2. The lowest BCUT2D eigenvalue weighted by Crippen LogP contribution is -2.40. The van der Waals surface area contributed by atoms with Crippen LogP contribution in [-0.4, -0.2) is 44.9 Å². The highest BCUT2D eigenvalue weighted by molar-refractivity contribution is 5.92. The number of H-pyrrole nitrogens is 1. The van der Waals surface area contributed by atoms with Gasteiger partial charge in [0.05, 0.1) is 18.8 Å². The number of nitrogens with zero attached hydrogens (tertiary/aromatic N) is 3. The highest BCUT2D eigenvalue weighted by Crippen LogP contribution is 2.30. The normalized spacial score (nSPS) is 15.6. The Labute approximate surface area is 162 Å². The van der Waals surface area contributed by atoms with Crippen LogP contribution in [0.15, 0.2) is 42.7 Å². The fourth-order valence-electron chi connectivity index (χ4n) is 3.16. The summed E-state index contributed by atoms with van der Waals surface area (Å²) < 4.78 is 13.6. The number of aromatic amines is 1. The maximum absolute atomic E-state index is 12.4. The van der Waals surface area contributed by atoms with Gasteiger partial charge in [-0.25, -0.2) is 4.98 Å². The van der Waals surface area contributed by atoms with Gasteiger partial charge in [-0.05, 0) is 18.2 Å². The molecule has 1 aromatic carbocycles. The third kappa shape index (κ3) is 3.85. The lowest BCUT2D eigenvalue weighted by molar-refractivity contribution is 0.0786. The molecule has 3 heterocycles. The minimum absolute atomic E-state index is 0.239. The number of benzene rings is 1. The van der Waals surface area contributed by atoms with Crippen molar-refractivity contribution in [2.45, 2.75) is 32.4 Å². The van der Waals surface area contributed by atoms with Crippen molar-refractivity contribution in [1.29, 1.82) is 0 Å². The minimum atomic E-state index is -0.250. The van der Waals surface area contributed by atoms with Crippen LogP contribution in [0.2, 0.25) is 0 Å². The number of ether oxygens (including phenoxy) is 2. The van der Waals surface area contributed by atoms with Crippen molar-refractivity contribution < 1.29 is 14.3 Å². The molecule has 2 N–H and O–H groups in total. The summed E-state index contributed by atoms with van der Waals surface area (Å²) in [7, 11) is 0. The van der Waals surface area contributed by atoms with Crippen LogP contribution in [0, 0.1) is 0 Å². The molecule has 1 unspecified atom stereocenters. The van der Waals surface area contributed by atoms with E-state index in [0.717, 1.165) is 17.3 Å². The topological polar surface area (TPSA) is 94.1 Å². The number of aromatic nitrogens is 4. The number of amides is 1. The van der Waals surface area contributed by atoms with Gasteiger partial charge in [0, 0.05) is 18.3 Å². The first-order valence-electron chi connectivity index (χ1n) is 9.32. The summed E-state index contributed by atoms with van der Waals surface area (Å²) in [6.07, 6.45) is 3.47. The van der Waals surface area contributed by atoms with Gasteiger partial charge in [-0.3, -0.25) is 9.89 Å². The van der Waals surface area contributed by atoms with Crippen LogP contribution in [-0.2, 0) is 6.54 Å². The van der Waals surface area contributed by atoms with Gasteiger partial charge >= 0.3 is 0 Å². The number of rotatable bonds is 6. The van der Waals surface area contributed by atoms with Gasteiger partial charge in [0.25, 0.3) is 5.91 Å². The predicted octanol–water partition coefficient (Wildman–Crippen LogP) is 2.35. The fourth-order valence-corrected chi connectivity index (χ4v) is 3.16. The molecule has 0 fully saturated rings. The summed E-state index contributed by atoms with van der Waals surface area (Å²) >= 11 is 0. The van der Waals surface area contributed by atoms with Gasteiger partial charge < -0.3 is 19.4 Å². The molecule has 0 spiro atoms. The van der Waals surface area contributed by atoms with Crippen molar-refractivity contribution >= 4 is 5.91 Å². The van der Waals surface area contributed by atoms with E-state index in [2.05, 4.69) is 34.3 Å². The number of hydrogen-bond donors (Lipinski definition) is 2. The van der Waals surface area contributed by atoms with Crippen molar-refractivity contribution in [1.82, 2.24) is 25.1 Å². The number of hydrogen-bond acceptors (Lipinski definition) is 5. The molecule has 3 aromatic rings. The van der Waals surface area contributed by atoms with Gasteiger partial charge in [-0.15, -0.1) is 0 Å². The number of carbonyl (C=O) groups excluding carboxylic acids is 1. The SMILES string of the molecule is CC(C)c1nccn1Cc1cc(C(=O)NCC2COc3ccccc3O2)n[nH]1. The van der Waals surface area contributed by atoms with E-state index in [0.29, 0.717) is 37.1 Å². The molecule has 2 aromatic heterocycles. The number of carbonyl (C=O) groups is 1. The first kappa shape index (κ1) is 18.1. The summed E-state index contributed by atoms with van der Waals surface area (Å²) in [6.45, 7) is 5.51. The Hall–Kier alpha value is -3.29. The van der Waals surface area contributed by atoms with E-state index >= 15 is 0 Å². The monoisotopic (exact) mass is 381 g/mol. The second kappa shape index (κ2) is 7.75. The molecule has 1 aliphatic rings. The molecule has 0 saturated heterocycles. The molecule has 0 aliphatic carbocycles. The average Bonchev–Trinajstić information content (AvgIpc) is 3.36. The Morgan fingerprint density at radius 1 is 1.36 bits per heavy atom. The molecule has 0 saturated carbocycles. The van der Waals surface area contributed by atoms with E-state index in [1.165, 1.54) is 0 Å². The van der Waals surface area contributed by atoms with Crippen LogP contribution >= 0.6 is 0 Å². The van der Waals surface area contributed by atoms with Crippen LogP contribution < -0.4 is 14.8 Å². The zero-order valence-electron chi connectivity index (χ0n) is 15.9. The van der Waals surface area contributed by atoms with Crippen molar-refractivity contribution in [2.75, 3.05) is 13.2 Å². The van der Waals surface area contributed by atoms with E-state index in [9.17, 15) is 4.79 Å². The Kier molecular flexibility index (Phi) is 5.01. The Morgan fingerprint density at radius 3 is 3.00 bits per heavy atom. The second-order valence-electron chi connectivity index (χ2n) is 7.05. The Bertz CT molecular complexity index is 962. The van der Waals surface area contributed by atoms with Crippen LogP contribution in [0.5, 0.6) is 11.5 Å². The Balaban J connectivity index is 1.33. The fraction of sp³-hybridized carbons (Fsp3) is 0.350. The van der Waals surface area contributed by atoms with Crippen LogP contribution in [0.25, 0.3) is 0 Å². The molecule has 28 heavy (non-hydrogen) atoms. The quantitative estimate of drug-likeness (QED) is 0.684. The lowest BCUT2D eigenvalue weighted by Gasteiger charge is -2.26. The first-order chi connectivity index (χ1) is 13.6. The summed E-state index contributed by atoms with van der Waals surface area (Å²) in [4.78, 5) is 16.8. The van der Waals surface area contributed by atoms with E-state index in [-0.39, 0.29) is 12.0 Å². The molecule has 0 radical (unpaired) electrons. The number of imidazole rings is 1. The largest absolute Gasteiger partial charge is 0.486 e. The van der Waals surface area contributed by atoms with Crippen molar-refractivity contribution in [3.8, 4) is 11.5 Å². The molecule has 146 valence electrons. The van der Waals surface area contributed by atoms with E-state index < -0.39 is 0 Å². The van der Waals surface area contributed by atoms with E-state index in [4.69, 9.17) is 9.47 Å². The van der Waals surface area contributed by atoms with Gasteiger partial charge in [-0.1, -0.05) is 26.0 Å². The molecular weight excluding hydrogens is 358 g/mol. The molecule has 4 rings (SSSR count). The molecule has 8 heteroatoms. The van der Waals surface area contributed by atoms with Crippen LogP contribution in [0.3, 0.4) is 0 Å². The van der Waals surface area contributed by atoms with Crippen molar-refractivity contribution in [3.63, 3.8) is 0 Å². The van der Waals surface area contributed by atoms with Crippen molar-refractivity contribution in [2.24, 2.45) is 0 Å². The predicted molar refractivity (Wildman–Crippen MR) is 103 cm³/mol. The van der Waals surface area contributed by atoms with Crippen molar-refractivity contribution in [3.05, 3.63) is 59.9 Å². The highest BCUT2D eigenvalue weighted by Gasteiger charge is 2.22. The second-order valence-corrected chi connectivity index (χ2v) is 7.05. The van der Waals surface area contributed by atoms with Crippen LogP contribution in [0.1, 0.15) is 41.8 Å². The minimum Gasteiger partial charge on any atom is -0.486 e. The average molecular weight is 381 g/mol. The van der Waals surface area contributed by atoms with Gasteiger partial charge in [-0.2, -0.15) is 5.10 Å². The van der Waals surface area contributed by atoms with Gasteiger partial charge in [0.15, 0.2) is 11.5 Å². The highest BCUT2D eigenvalue weighted by atomic mass is 16.6. The molecule has 1 atom stereocenters. The molecular formula is C20H23N5O3. The van der Waals surface area contributed by atoms with Gasteiger partial charge in [0.1, 0.15) is 24.2 Å². The summed E-state index contributed by atoms with van der Waals surface area (Å²) in [6, 6.07) is 9.25. The third-order valence-electron chi connectivity index (χ3n) is 4.53. The zero-order chi connectivity index (χ0) is 19.5. The summed E-state index contributed by atoms with van der Waals surface area (Å²) in [5.41, 5.74) is 1.19. The standard InChI is InChI=1S/C20H23N5O3/c1-13(2)19-21-7-8-25(19)11-14-9-16(24-23-14)20(26)22-10-15-12-27-17-5-3-4-6-18(17)28-15/h3-9,13,15H,10-12H2,1-2H3,(H,22,26)(H,23,24).